The van der Waals surface area contributed by atoms with Crippen LogP contribution in [0.3, 0.4) is 0 Å². The predicted octanol–water partition coefficient (Wildman–Crippen LogP) is 2.95. The van der Waals surface area contributed by atoms with Gasteiger partial charge in [0, 0.05) is 12.6 Å². The third kappa shape index (κ3) is 4.23. The smallest absolute Gasteiger partial charge is 0.307 e. The van der Waals surface area contributed by atoms with Gasteiger partial charge >= 0.3 is 5.97 Å². The number of hydrogen-bond donors (Lipinski definition) is 0. The summed E-state index contributed by atoms with van der Waals surface area (Å²) in [5, 5.41) is 0. The van der Waals surface area contributed by atoms with Gasteiger partial charge in [0.1, 0.15) is 16.4 Å². The molecule has 1 aliphatic heterocycles. The molecule has 0 radical (unpaired) electrons. The van der Waals surface area contributed by atoms with E-state index >= 15 is 0 Å². The van der Waals surface area contributed by atoms with E-state index in [1.807, 2.05) is 24.3 Å². The SMILES string of the molecule is CCOC(=O)C[C@H]1c2ccccc2CCN1S(=O)(=O)c1cc(OC)ccc1OC. The first-order chi connectivity index (χ1) is 13.9. The second-order valence-electron chi connectivity index (χ2n) is 6.61. The molecule has 0 amide bonds. The van der Waals surface area contributed by atoms with Gasteiger partial charge in [0.05, 0.1) is 33.3 Å². The Labute approximate surface area is 171 Å². The first-order valence-corrected chi connectivity index (χ1v) is 10.8. The van der Waals surface area contributed by atoms with Crippen molar-refractivity contribution in [1.82, 2.24) is 4.31 Å². The van der Waals surface area contributed by atoms with Gasteiger partial charge in [0.25, 0.3) is 0 Å². The summed E-state index contributed by atoms with van der Waals surface area (Å²) < 4.78 is 44.2. The lowest BCUT2D eigenvalue weighted by molar-refractivity contribution is -0.144. The Morgan fingerprint density at radius 3 is 2.59 bits per heavy atom. The van der Waals surface area contributed by atoms with E-state index in [0.29, 0.717) is 12.2 Å². The van der Waals surface area contributed by atoms with Crippen LogP contribution in [0.2, 0.25) is 0 Å². The minimum atomic E-state index is -3.97. The largest absolute Gasteiger partial charge is 0.497 e. The molecule has 2 aromatic carbocycles. The molecule has 1 atom stereocenters. The molecule has 1 aliphatic rings. The summed E-state index contributed by atoms with van der Waals surface area (Å²) in [6, 6.07) is 11.6. The van der Waals surface area contributed by atoms with E-state index in [2.05, 4.69) is 0 Å². The van der Waals surface area contributed by atoms with Crippen molar-refractivity contribution in [3.8, 4) is 11.5 Å². The number of hydrogen-bond acceptors (Lipinski definition) is 6. The maximum atomic E-state index is 13.6. The molecule has 1 heterocycles. The number of carbonyl (C=O) groups excluding carboxylic acids is 1. The summed E-state index contributed by atoms with van der Waals surface area (Å²) in [4.78, 5) is 12.3. The van der Waals surface area contributed by atoms with Crippen LogP contribution in [0.25, 0.3) is 0 Å². The van der Waals surface area contributed by atoms with Gasteiger partial charge in [0.15, 0.2) is 0 Å². The fourth-order valence-corrected chi connectivity index (χ4v) is 5.40. The lowest BCUT2D eigenvalue weighted by Crippen LogP contribution is -2.41. The molecule has 0 aliphatic carbocycles. The number of nitrogens with zero attached hydrogens (tertiary/aromatic N) is 1. The average molecular weight is 419 g/mol. The summed E-state index contributed by atoms with van der Waals surface area (Å²) >= 11 is 0. The summed E-state index contributed by atoms with van der Waals surface area (Å²) in [6.45, 7) is 2.22. The fourth-order valence-electron chi connectivity index (χ4n) is 3.62. The average Bonchev–Trinajstić information content (AvgIpc) is 2.73. The normalized spacial score (nSPS) is 16.7. The van der Waals surface area contributed by atoms with E-state index in [1.165, 1.54) is 24.6 Å². The molecular weight excluding hydrogens is 394 g/mol. The lowest BCUT2D eigenvalue weighted by atomic mass is 9.92. The Morgan fingerprint density at radius 1 is 1.14 bits per heavy atom. The Balaban J connectivity index is 2.08. The van der Waals surface area contributed by atoms with E-state index in [9.17, 15) is 13.2 Å². The number of fused-ring (bicyclic) bond motifs is 1. The highest BCUT2D eigenvalue weighted by Gasteiger charge is 2.39. The van der Waals surface area contributed by atoms with Crippen LogP contribution in [0, 0.1) is 0 Å². The first-order valence-electron chi connectivity index (χ1n) is 9.39. The van der Waals surface area contributed by atoms with Crippen molar-refractivity contribution in [2.75, 3.05) is 27.4 Å². The summed E-state index contributed by atoms with van der Waals surface area (Å²) in [6.07, 6.45) is 0.497. The van der Waals surface area contributed by atoms with Crippen LogP contribution in [0.4, 0.5) is 0 Å². The number of rotatable bonds is 7. The highest BCUT2D eigenvalue weighted by molar-refractivity contribution is 7.89. The lowest BCUT2D eigenvalue weighted by Gasteiger charge is -2.36. The highest BCUT2D eigenvalue weighted by Crippen LogP contribution is 2.39. The number of methoxy groups -OCH3 is 2. The zero-order chi connectivity index (χ0) is 21.0. The molecule has 3 rings (SSSR count). The number of sulfonamides is 1. The Kier molecular flexibility index (Phi) is 6.44. The first kappa shape index (κ1) is 21.1. The van der Waals surface area contributed by atoms with Crippen molar-refractivity contribution in [3.05, 3.63) is 53.6 Å². The van der Waals surface area contributed by atoms with E-state index in [1.54, 1.807) is 19.1 Å². The van der Waals surface area contributed by atoms with Gasteiger partial charge in [-0.25, -0.2) is 8.42 Å². The predicted molar refractivity (Wildman–Crippen MR) is 108 cm³/mol. The Morgan fingerprint density at radius 2 is 1.90 bits per heavy atom. The van der Waals surface area contributed by atoms with Gasteiger partial charge in [0.2, 0.25) is 10.0 Å². The second kappa shape index (κ2) is 8.84. The van der Waals surface area contributed by atoms with Crippen LogP contribution in [0.15, 0.2) is 47.4 Å². The van der Waals surface area contributed by atoms with Crippen LogP contribution < -0.4 is 9.47 Å². The van der Waals surface area contributed by atoms with Crippen LogP contribution in [0.5, 0.6) is 11.5 Å². The maximum Gasteiger partial charge on any atom is 0.307 e. The number of ether oxygens (including phenoxy) is 3. The molecule has 8 heteroatoms. The molecular formula is C21H25NO6S. The summed E-state index contributed by atoms with van der Waals surface area (Å²) in [5.41, 5.74) is 1.85. The van der Waals surface area contributed by atoms with Gasteiger partial charge in [-0.2, -0.15) is 4.31 Å². The summed E-state index contributed by atoms with van der Waals surface area (Å²) in [5.74, 6) is 0.190. The zero-order valence-corrected chi connectivity index (χ0v) is 17.6. The van der Waals surface area contributed by atoms with Gasteiger partial charge in [-0.05, 0) is 36.6 Å². The molecule has 29 heavy (non-hydrogen) atoms. The van der Waals surface area contributed by atoms with Crippen LogP contribution >= 0.6 is 0 Å². The van der Waals surface area contributed by atoms with Crippen molar-refractivity contribution in [2.24, 2.45) is 0 Å². The standard InChI is InChI=1S/C21H25NO6S/c1-4-28-21(23)14-18-17-8-6-5-7-15(17)11-12-22(18)29(24,25)20-13-16(26-2)9-10-19(20)27-3/h5-10,13,18H,4,11-12,14H2,1-3H3/t18-/m0/s1. The molecule has 0 bridgehead atoms. The molecule has 0 spiro atoms. The van der Waals surface area contributed by atoms with E-state index in [4.69, 9.17) is 14.2 Å². The number of esters is 1. The van der Waals surface area contributed by atoms with Crippen LogP contribution in [0.1, 0.15) is 30.5 Å². The number of benzene rings is 2. The van der Waals surface area contributed by atoms with Gasteiger partial charge in [-0.3, -0.25) is 4.79 Å². The zero-order valence-electron chi connectivity index (χ0n) is 16.8. The molecule has 156 valence electrons. The minimum absolute atomic E-state index is 0.00703. The van der Waals surface area contributed by atoms with Crippen molar-refractivity contribution in [2.45, 2.75) is 30.7 Å². The fraction of sp³-hybridized carbons (Fsp3) is 0.381. The van der Waals surface area contributed by atoms with E-state index < -0.39 is 22.0 Å². The van der Waals surface area contributed by atoms with Crippen LogP contribution in [-0.4, -0.2) is 46.1 Å². The molecule has 0 saturated carbocycles. The van der Waals surface area contributed by atoms with Crippen molar-refractivity contribution < 1.29 is 27.4 Å². The molecule has 7 nitrogen and oxygen atoms in total. The number of carbonyl (C=O) groups is 1. The van der Waals surface area contributed by atoms with Crippen molar-refractivity contribution in [3.63, 3.8) is 0 Å². The Hall–Kier alpha value is -2.58. The minimum Gasteiger partial charge on any atom is -0.497 e. The van der Waals surface area contributed by atoms with Gasteiger partial charge in [-0.15, -0.1) is 0 Å². The molecule has 0 saturated heterocycles. The highest BCUT2D eigenvalue weighted by atomic mass is 32.2. The quantitative estimate of drug-likeness (QED) is 0.642. The van der Waals surface area contributed by atoms with E-state index in [0.717, 1.165) is 11.1 Å². The van der Waals surface area contributed by atoms with Crippen molar-refractivity contribution >= 4 is 16.0 Å². The molecule has 0 unspecified atom stereocenters. The van der Waals surface area contributed by atoms with Crippen molar-refractivity contribution in [1.29, 1.82) is 0 Å². The molecule has 0 aromatic heterocycles. The van der Waals surface area contributed by atoms with Crippen LogP contribution in [-0.2, 0) is 26.0 Å². The van der Waals surface area contributed by atoms with E-state index in [-0.39, 0.29) is 30.2 Å². The Bertz CT molecular complexity index is 988. The molecule has 0 fully saturated rings. The second-order valence-corrected chi connectivity index (χ2v) is 8.47. The molecule has 2 aromatic rings. The molecule has 0 N–H and O–H groups in total. The topological polar surface area (TPSA) is 82.1 Å². The van der Waals surface area contributed by atoms with Gasteiger partial charge < -0.3 is 14.2 Å². The maximum absolute atomic E-state index is 13.6. The summed E-state index contributed by atoms with van der Waals surface area (Å²) in [7, 11) is -1.08. The third-order valence-corrected chi connectivity index (χ3v) is 6.92. The van der Waals surface area contributed by atoms with Gasteiger partial charge in [-0.1, -0.05) is 24.3 Å². The monoisotopic (exact) mass is 419 g/mol. The third-order valence-electron chi connectivity index (χ3n) is 4.99.